The van der Waals surface area contributed by atoms with Gasteiger partial charge in [-0.05, 0) is 36.8 Å². The Hall–Kier alpha value is -2.56. The van der Waals surface area contributed by atoms with E-state index >= 15 is 0 Å². The maximum absolute atomic E-state index is 12.3. The molecule has 142 valence electrons. The van der Waals surface area contributed by atoms with E-state index in [4.69, 9.17) is 4.52 Å². The number of rotatable bonds is 6. The van der Waals surface area contributed by atoms with Crippen molar-refractivity contribution in [2.45, 2.75) is 23.3 Å². The number of aryl methyl sites for hydroxylation is 1. The first-order chi connectivity index (χ1) is 12.7. The smallest absolute Gasteiger partial charge is 0.242 e. The molecule has 0 aliphatic carbocycles. The van der Waals surface area contributed by atoms with Crippen molar-refractivity contribution in [1.82, 2.24) is 14.9 Å². The van der Waals surface area contributed by atoms with Gasteiger partial charge < -0.3 is 4.52 Å². The van der Waals surface area contributed by atoms with Crippen LogP contribution in [0.2, 0.25) is 0 Å². The monoisotopic (exact) mass is 407 g/mol. The molecular formula is C17H17N3O5S2. The molecule has 0 amide bonds. The second kappa shape index (κ2) is 7.22. The fourth-order valence-corrected chi connectivity index (χ4v) is 3.97. The number of benzene rings is 2. The molecule has 0 bridgehead atoms. The standard InChI is InChI=1S/C17H17N3O5S2/c1-12-5-3-4-6-15(12)17-19-16(25-20-17)11-18-27(23,24)14-9-7-13(8-10-14)26(2,21)22/h3-10,18H,11H2,1-2H3. The molecule has 3 aromatic rings. The SMILES string of the molecule is Cc1ccccc1-c1noc(CNS(=O)(=O)c2ccc(S(C)(=O)=O)cc2)n1. The topological polar surface area (TPSA) is 119 Å². The van der Waals surface area contributed by atoms with Crippen LogP contribution < -0.4 is 4.72 Å². The summed E-state index contributed by atoms with van der Waals surface area (Å²) in [4.78, 5) is 4.18. The van der Waals surface area contributed by atoms with Crippen LogP contribution in [0, 0.1) is 6.92 Å². The molecule has 0 radical (unpaired) electrons. The van der Waals surface area contributed by atoms with Crippen LogP contribution >= 0.6 is 0 Å². The zero-order valence-electron chi connectivity index (χ0n) is 14.6. The van der Waals surface area contributed by atoms with Gasteiger partial charge in [0.05, 0.1) is 16.3 Å². The Morgan fingerprint density at radius 3 is 2.22 bits per heavy atom. The summed E-state index contributed by atoms with van der Waals surface area (Å²) in [5.41, 5.74) is 1.77. The summed E-state index contributed by atoms with van der Waals surface area (Å²) in [5.74, 6) is 0.490. The summed E-state index contributed by atoms with van der Waals surface area (Å²) in [6.07, 6.45) is 1.05. The fraction of sp³-hybridized carbons (Fsp3) is 0.176. The highest BCUT2D eigenvalue weighted by Crippen LogP contribution is 2.20. The van der Waals surface area contributed by atoms with E-state index in [0.29, 0.717) is 5.82 Å². The molecule has 0 saturated carbocycles. The second-order valence-corrected chi connectivity index (χ2v) is 9.68. The van der Waals surface area contributed by atoms with Gasteiger partial charge in [0.1, 0.15) is 0 Å². The maximum atomic E-state index is 12.3. The van der Waals surface area contributed by atoms with E-state index in [9.17, 15) is 16.8 Å². The molecule has 0 unspecified atom stereocenters. The van der Waals surface area contributed by atoms with Gasteiger partial charge in [-0.2, -0.15) is 4.98 Å². The van der Waals surface area contributed by atoms with E-state index in [2.05, 4.69) is 14.9 Å². The van der Waals surface area contributed by atoms with Gasteiger partial charge in [-0.15, -0.1) is 0 Å². The van der Waals surface area contributed by atoms with Crippen molar-refractivity contribution in [3.8, 4) is 11.4 Å². The lowest BCUT2D eigenvalue weighted by Gasteiger charge is -2.05. The maximum Gasteiger partial charge on any atom is 0.242 e. The summed E-state index contributed by atoms with van der Waals surface area (Å²) in [6.45, 7) is 1.73. The van der Waals surface area contributed by atoms with Gasteiger partial charge in [0, 0.05) is 11.8 Å². The van der Waals surface area contributed by atoms with Crippen LogP contribution in [0.4, 0.5) is 0 Å². The molecule has 27 heavy (non-hydrogen) atoms. The van der Waals surface area contributed by atoms with E-state index in [-0.39, 0.29) is 22.2 Å². The number of aromatic nitrogens is 2. The second-order valence-electron chi connectivity index (χ2n) is 5.89. The average molecular weight is 407 g/mol. The third-order valence-electron chi connectivity index (χ3n) is 3.83. The zero-order valence-corrected chi connectivity index (χ0v) is 16.2. The molecule has 1 aromatic heterocycles. The minimum Gasteiger partial charge on any atom is -0.338 e. The van der Waals surface area contributed by atoms with Crippen LogP contribution in [0.1, 0.15) is 11.5 Å². The number of hydrogen-bond donors (Lipinski definition) is 1. The van der Waals surface area contributed by atoms with E-state index in [0.717, 1.165) is 17.4 Å². The predicted molar refractivity (Wildman–Crippen MR) is 98.0 cm³/mol. The van der Waals surface area contributed by atoms with E-state index in [1.54, 1.807) is 0 Å². The number of nitrogens with one attached hydrogen (secondary N) is 1. The Labute approximate surface area is 157 Å². The first-order valence-electron chi connectivity index (χ1n) is 7.85. The van der Waals surface area contributed by atoms with Crippen molar-refractivity contribution in [1.29, 1.82) is 0 Å². The minimum absolute atomic E-state index is 0.0428. The fourth-order valence-electron chi connectivity index (χ4n) is 2.37. The van der Waals surface area contributed by atoms with Gasteiger partial charge in [0.25, 0.3) is 0 Å². The molecule has 0 spiro atoms. The normalized spacial score (nSPS) is 12.2. The minimum atomic E-state index is -3.86. The van der Waals surface area contributed by atoms with E-state index in [1.165, 1.54) is 24.3 Å². The molecule has 0 aliphatic rings. The van der Waals surface area contributed by atoms with Crippen molar-refractivity contribution in [3.63, 3.8) is 0 Å². The van der Waals surface area contributed by atoms with Gasteiger partial charge in [-0.3, -0.25) is 0 Å². The first-order valence-corrected chi connectivity index (χ1v) is 11.2. The Kier molecular flexibility index (Phi) is 5.13. The molecule has 2 aromatic carbocycles. The van der Waals surface area contributed by atoms with Crippen LogP contribution in [-0.4, -0.2) is 33.2 Å². The predicted octanol–water partition coefficient (Wildman–Crippen LogP) is 1.93. The number of hydrogen-bond acceptors (Lipinski definition) is 7. The molecule has 1 heterocycles. The molecule has 8 nitrogen and oxygen atoms in total. The van der Waals surface area contributed by atoms with Crippen LogP contribution in [0.15, 0.2) is 62.8 Å². The van der Waals surface area contributed by atoms with Gasteiger partial charge in [-0.25, -0.2) is 21.6 Å². The average Bonchev–Trinajstić information content (AvgIpc) is 3.09. The van der Waals surface area contributed by atoms with Crippen molar-refractivity contribution in [2.75, 3.05) is 6.26 Å². The van der Waals surface area contributed by atoms with Crippen LogP contribution in [0.5, 0.6) is 0 Å². The van der Waals surface area contributed by atoms with Crippen LogP contribution in [0.3, 0.4) is 0 Å². The number of sulfonamides is 1. The number of sulfone groups is 1. The van der Waals surface area contributed by atoms with Crippen molar-refractivity contribution in [3.05, 3.63) is 60.0 Å². The highest BCUT2D eigenvalue weighted by molar-refractivity contribution is 7.90. The van der Waals surface area contributed by atoms with E-state index in [1.807, 2.05) is 31.2 Å². The largest absolute Gasteiger partial charge is 0.338 e. The summed E-state index contributed by atoms with van der Waals surface area (Å²) < 4.78 is 55.1. The third-order valence-corrected chi connectivity index (χ3v) is 6.38. The lowest BCUT2D eigenvalue weighted by atomic mass is 10.1. The molecule has 1 N–H and O–H groups in total. The van der Waals surface area contributed by atoms with Gasteiger partial charge in [0.2, 0.25) is 21.7 Å². The molecule has 0 fully saturated rings. The van der Waals surface area contributed by atoms with Crippen LogP contribution in [0.25, 0.3) is 11.4 Å². The van der Waals surface area contributed by atoms with Gasteiger partial charge >= 0.3 is 0 Å². The quantitative estimate of drug-likeness (QED) is 0.663. The lowest BCUT2D eigenvalue weighted by Crippen LogP contribution is -2.23. The molecule has 10 heteroatoms. The summed E-state index contributed by atoms with van der Waals surface area (Å²) in [5, 5.41) is 3.87. The number of nitrogens with zero attached hydrogens (tertiary/aromatic N) is 2. The Bertz CT molecular complexity index is 1170. The Morgan fingerprint density at radius 2 is 1.59 bits per heavy atom. The van der Waals surface area contributed by atoms with Crippen LogP contribution in [-0.2, 0) is 26.4 Å². The van der Waals surface area contributed by atoms with Gasteiger partial charge in [-0.1, -0.05) is 29.4 Å². The highest BCUT2D eigenvalue weighted by Gasteiger charge is 2.18. The molecule has 0 aliphatic heterocycles. The summed E-state index contributed by atoms with van der Waals surface area (Å²) >= 11 is 0. The van der Waals surface area contributed by atoms with E-state index < -0.39 is 19.9 Å². The Balaban J connectivity index is 1.74. The first kappa shape index (κ1) is 19.2. The molecule has 3 rings (SSSR count). The van der Waals surface area contributed by atoms with Crippen molar-refractivity contribution < 1.29 is 21.4 Å². The molecule has 0 saturated heterocycles. The lowest BCUT2D eigenvalue weighted by molar-refractivity contribution is 0.376. The molecular weight excluding hydrogens is 390 g/mol. The Morgan fingerprint density at radius 1 is 0.963 bits per heavy atom. The highest BCUT2D eigenvalue weighted by atomic mass is 32.2. The molecule has 0 atom stereocenters. The third kappa shape index (κ3) is 4.41. The van der Waals surface area contributed by atoms with Crippen molar-refractivity contribution >= 4 is 19.9 Å². The zero-order chi connectivity index (χ0) is 19.7. The summed E-state index contributed by atoms with van der Waals surface area (Å²) in [6, 6.07) is 12.4. The van der Waals surface area contributed by atoms with Crippen molar-refractivity contribution in [2.24, 2.45) is 0 Å². The summed E-state index contributed by atoms with van der Waals surface area (Å²) in [7, 11) is -7.25. The van der Waals surface area contributed by atoms with Gasteiger partial charge in [0.15, 0.2) is 9.84 Å².